The first-order valence-corrected chi connectivity index (χ1v) is 5.87. The summed E-state index contributed by atoms with van der Waals surface area (Å²) in [5.41, 5.74) is 0.959. The molecule has 6 heteroatoms. The molecule has 1 aromatic rings. The van der Waals surface area contributed by atoms with E-state index in [0.717, 1.165) is 5.69 Å². The van der Waals surface area contributed by atoms with E-state index in [-0.39, 0.29) is 0 Å². The zero-order valence-electron chi connectivity index (χ0n) is 9.38. The highest BCUT2D eigenvalue weighted by molar-refractivity contribution is 7.82. The Morgan fingerprint density at radius 2 is 1.53 bits per heavy atom. The third kappa shape index (κ3) is 2.45. The molecule has 0 aliphatic heterocycles. The molecule has 0 radical (unpaired) electrons. The first kappa shape index (κ1) is 11.9. The zero-order chi connectivity index (χ0) is 11.6. The van der Waals surface area contributed by atoms with Crippen molar-refractivity contribution in [1.29, 1.82) is 0 Å². The predicted octanol–water partition coefficient (Wildman–Crippen LogP) is -0.305. The number of hydrogen-bond acceptors (Lipinski definition) is 3. The second-order valence-electron chi connectivity index (χ2n) is 3.57. The lowest BCUT2D eigenvalue weighted by molar-refractivity contribution is -0.515. The molecule has 84 valence electrons. The molecule has 0 aliphatic carbocycles. The Morgan fingerprint density at radius 1 is 1.07 bits per heavy atom. The Kier molecular flexibility index (Phi) is 3.31. The molecule has 1 rings (SSSR count). The highest BCUT2D eigenvalue weighted by atomic mass is 32.2. The van der Waals surface area contributed by atoms with Gasteiger partial charge in [0.25, 0.3) is 0 Å². The van der Waals surface area contributed by atoms with Crippen LogP contribution in [0.5, 0.6) is 0 Å². The fraction of sp³-hybridized carbons (Fsp3) is 0.444. The third-order valence-electron chi connectivity index (χ3n) is 2.03. The van der Waals surface area contributed by atoms with Crippen LogP contribution in [0.1, 0.15) is 0 Å². The van der Waals surface area contributed by atoms with Crippen LogP contribution in [-0.4, -0.2) is 40.9 Å². The van der Waals surface area contributed by atoms with E-state index in [0.29, 0.717) is 0 Å². The summed E-state index contributed by atoms with van der Waals surface area (Å²) in [5.74, 6) is 0. The van der Waals surface area contributed by atoms with Crippen molar-refractivity contribution in [2.24, 2.45) is 0 Å². The van der Waals surface area contributed by atoms with Crippen molar-refractivity contribution >= 4 is 15.9 Å². The average Bonchev–Trinajstić information content (AvgIpc) is 2.17. The Hall–Kier alpha value is -1.14. The molecule has 0 atom stereocenters. The van der Waals surface area contributed by atoms with Gasteiger partial charge in [-0.25, -0.2) is 0 Å². The molecule has 0 N–H and O–H groups in total. The van der Waals surface area contributed by atoms with Gasteiger partial charge >= 0.3 is 10.2 Å². The Labute approximate surface area is 90.7 Å². The number of anilines is 1. The minimum atomic E-state index is -3.39. The summed E-state index contributed by atoms with van der Waals surface area (Å²) in [6.07, 6.45) is 3.06. The summed E-state index contributed by atoms with van der Waals surface area (Å²) in [7, 11) is 3.42. The van der Waals surface area contributed by atoms with Crippen LogP contribution in [0.25, 0.3) is 0 Å². The van der Waals surface area contributed by atoms with Gasteiger partial charge in [-0.2, -0.15) is 4.31 Å². The fourth-order valence-electron chi connectivity index (χ4n) is 1.05. The van der Waals surface area contributed by atoms with E-state index in [1.54, 1.807) is 12.1 Å². The molecular weight excluding hydrogens is 214 g/mol. The van der Waals surface area contributed by atoms with Gasteiger partial charge in [-0.3, -0.25) is 0 Å². The SMILES string of the molecule is CN(C)c1cc[n+](S(=O)(=O)N(C)C)cc1. The molecule has 15 heavy (non-hydrogen) atoms. The Bertz CT molecular complexity index is 423. The van der Waals surface area contributed by atoms with Gasteiger partial charge in [0.1, 0.15) is 0 Å². The van der Waals surface area contributed by atoms with Gasteiger partial charge in [-0.15, -0.1) is 8.42 Å². The van der Waals surface area contributed by atoms with Crippen molar-refractivity contribution in [3.05, 3.63) is 24.5 Å². The lowest BCUT2D eigenvalue weighted by atomic mass is 10.4. The quantitative estimate of drug-likeness (QED) is 0.669. The average molecular weight is 230 g/mol. The van der Waals surface area contributed by atoms with Crippen LogP contribution < -0.4 is 8.87 Å². The zero-order valence-corrected chi connectivity index (χ0v) is 10.2. The first-order valence-electron chi connectivity index (χ1n) is 4.47. The molecule has 0 saturated carbocycles. The van der Waals surface area contributed by atoms with Crippen molar-refractivity contribution in [3.63, 3.8) is 0 Å². The molecule has 0 bridgehead atoms. The van der Waals surface area contributed by atoms with E-state index >= 15 is 0 Å². The molecule has 0 unspecified atom stereocenters. The molecule has 0 aliphatic rings. The predicted molar refractivity (Wildman–Crippen MR) is 59.0 cm³/mol. The molecule has 1 aromatic heterocycles. The van der Waals surface area contributed by atoms with Gasteiger partial charge < -0.3 is 4.90 Å². The highest BCUT2D eigenvalue weighted by Crippen LogP contribution is 2.06. The van der Waals surface area contributed by atoms with Crippen LogP contribution in [-0.2, 0) is 10.2 Å². The fourth-order valence-corrected chi connectivity index (χ4v) is 1.85. The standard InChI is InChI=1S/C9H16N3O2S/c1-10(2)9-5-7-12(8-6-9)15(13,14)11(3)4/h5-8H,1-4H3/q+1. The van der Waals surface area contributed by atoms with Gasteiger partial charge in [0.05, 0.1) is 0 Å². The summed E-state index contributed by atoms with van der Waals surface area (Å²) in [6, 6.07) is 3.50. The lowest BCUT2D eigenvalue weighted by Gasteiger charge is -2.11. The summed E-state index contributed by atoms with van der Waals surface area (Å²) >= 11 is 0. The summed E-state index contributed by atoms with van der Waals surface area (Å²) < 4.78 is 25.7. The summed E-state index contributed by atoms with van der Waals surface area (Å²) in [5, 5.41) is 0. The summed E-state index contributed by atoms with van der Waals surface area (Å²) in [4.78, 5) is 1.91. The number of pyridine rings is 1. The van der Waals surface area contributed by atoms with Gasteiger partial charge in [0.15, 0.2) is 12.4 Å². The van der Waals surface area contributed by atoms with Crippen LogP contribution in [0.15, 0.2) is 24.5 Å². The number of hydrogen-bond donors (Lipinski definition) is 0. The van der Waals surface area contributed by atoms with E-state index < -0.39 is 10.2 Å². The van der Waals surface area contributed by atoms with Crippen molar-refractivity contribution in [2.45, 2.75) is 0 Å². The second kappa shape index (κ2) is 4.16. The van der Waals surface area contributed by atoms with Crippen molar-refractivity contribution < 1.29 is 12.4 Å². The molecule has 0 fully saturated rings. The molecule has 5 nitrogen and oxygen atoms in total. The molecule has 0 spiro atoms. The van der Waals surface area contributed by atoms with Crippen LogP contribution in [0.2, 0.25) is 0 Å². The summed E-state index contributed by atoms with van der Waals surface area (Å²) in [6.45, 7) is 0. The monoisotopic (exact) mass is 230 g/mol. The van der Waals surface area contributed by atoms with Crippen LogP contribution >= 0.6 is 0 Å². The molecule has 0 amide bonds. The topological polar surface area (TPSA) is 44.5 Å². The molecule has 0 aromatic carbocycles. The van der Waals surface area contributed by atoms with Crippen molar-refractivity contribution in [3.8, 4) is 0 Å². The van der Waals surface area contributed by atoms with Gasteiger partial charge in [-0.05, 0) is 0 Å². The highest BCUT2D eigenvalue weighted by Gasteiger charge is 2.24. The minimum Gasteiger partial charge on any atom is -0.377 e. The van der Waals surface area contributed by atoms with Gasteiger partial charge in [0, 0.05) is 46.0 Å². The van der Waals surface area contributed by atoms with E-state index in [4.69, 9.17) is 0 Å². The van der Waals surface area contributed by atoms with E-state index in [1.165, 1.54) is 34.8 Å². The van der Waals surface area contributed by atoms with E-state index in [2.05, 4.69) is 0 Å². The Balaban J connectivity index is 3.10. The van der Waals surface area contributed by atoms with Crippen molar-refractivity contribution in [1.82, 2.24) is 4.31 Å². The first-order chi connectivity index (χ1) is 6.85. The smallest absolute Gasteiger partial charge is 0.377 e. The van der Waals surface area contributed by atoms with Crippen LogP contribution in [0, 0.1) is 0 Å². The minimum absolute atomic E-state index is 0.959. The maximum absolute atomic E-state index is 11.7. The maximum Gasteiger partial charge on any atom is 0.447 e. The Morgan fingerprint density at radius 3 is 1.87 bits per heavy atom. The maximum atomic E-state index is 11.7. The third-order valence-corrected chi connectivity index (χ3v) is 3.73. The number of aromatic nitrogens is 1. The normalized spacial score (nSPS) is 11.8. The number of rotatable bonds is 3. The van der Waals surface area contributed by atoms with Crippen molar-refractivity contribution in [2.75, 3.05) is 33.1 Å². The van der Waals surface area contributed by atoms with E-state index in [9.17, 15) is 8.42 Å². The van der Waals surface area contributed by atoms with Crippen LogP contribution in [0.4, 0.5) is 5.69 Å². The number of nitrogens with zero attached hydrogens (tertiary/aromatic N) is 3. The largest absolute Gasteiger partial charge is 0.447 e. The second-order valence-corrected chi connectivity index (χ2v) is 5.62. The molecule has 1 heterocycles. The molecular formula is C9H16N3O2S+. The van der Waals surface area contributed by atoms with E-state index in [1.807, 2.05) is 19.0 Å². The van der Waals surface area contributed by atoms with Crippen LogP contribution in [0.3, 0.4) is 0 Å². The lowest BCUT2D eigenvalue weighted by Crippen LogP contribution is -2.49. The van der Waals surface area contributed by atoms with Gasteiger partial charge in [0.2, 0.25) is 0 Å². The molecule has 0 saturated heterocycles. The van der Waals surface area contributed by atoms with Gasteiger partial charge in [-0.1, -0.05) is 3.97 Å².